The minimum absolute atomic E-state index is 0.0119. The Morgan fingerprint density at radius 1 is 0.620 bits per heavy atom. The van der Waals surface area contributed by atoms with Gasteiger partial charge >= 0.3 is 17.9 Å². The number of carboxylic acids is 2. The molecule has 0 aliphatic heterocycles. The first-order valence-corrected chi connectivity index (χ1v) is 20.2. The van der Waals surface area contributed by atoms with Crippen molar-refractivity contribution < 1.29 is 53.3 Å². The van der Waals surface area contributed by atoms with E-state index in [1.54, 1.807) is 0 Å². The van der Waals surface area contributed by atoms with E-state index in [1.165, 1.54) is 19.3 Å². The van der Waals surface area contributed by atoms with Gasteiger partial charge in [0.1, 0.15) is 18.3 Å². The van der Waals surface area contributed by atoms with Crippen LogP contribution in [0.5, 0.6) is 0 Å². The predicted octanol–water partition coefficient (Wildman–Crippen LogP) is 6.55. The van der Waals surface area contributed by atoms with E-state index in [0.717, 1.165) is 70.6 Å². The molecule has 0 aromatic heterocycles. The van der Waals surface area contributed by atoms with Gasteiger partial charge in [0.05, 0.1) is 55.9 Å². The van der Waals surface area contributed by atoms with Crippen LogP contribution in [-0.4, -0.2) is 89.0 Å². The van der Waals surface area contributed by atoms with Crippen molar-refractivity contribution in [2.45, 2.75) is 163 Å². The largest absolute Gasteiger partial charge is 0.481 e. The van der Waals surface area contributed by atoms with Crippen LogP contribution in [0.25, 0.3) is 0 Å². The van der Waals surface area contributed by atoms with Crippen molar-refractivity contribution in [2.75, 3.05) is 19.8 Å². The van der Waals surface area contributed by atoms with Crippen molar-refractivity contribution in [3.05, 3.63) is 0 Å². The number of aliphatic carboxylic acids is 2. The highest BCUT2D eigenvalue weighted by atomic mass is 32.2. The molecule has 0 amide bonds. The number of thioether (sulfide) groups is 1. The summed E-state index contributed by atoms with van der Waals surface area (Å²) in [5, 5.41) is 20.5. The molecule has 5 saturated carbocycles. The molecular weight excluding hydrogens is 664 g/mol. The van der Waals surface area contributed by atoms with Gasteiger partial charge < -0.3 is 29.2 Å². The Bertz CT molecular complexity index is 1110. The van der Waals surface area contributed by atoms with Gasteiger partial charge in [0, 0.05) is 16.4 Å². The molecule has 11 nitrogen and oxygen atoms in total. The molecule has 2 N–H and O–H groups in total. The van der Waals surface area contributed by atoms with Gasteiger partial charge in [-0.1, -0.05) is 25.7 Å². The maximum Gasteiger partial charge on any atom is 0.310 e. The Kier molecular flexibility index (Phi) is 15.9. The van der Waals surface area contributed by atoms with Gasteiger partial charge in [-0.2, -0.15) is 11.8 Å². The Morgan fingerprint density at radius 3 is 1.84 bits per heavy atom. The zero-order chi connectivity index (χ0) is 35.3. The molecule has 0 aromatic rings. The SMILES string of the molecule is C#COC1CCC(C(=O)O)C(C(=O)OC2CCC(SC3CCC(OOCC4CC(OCCOC5CCCCC5)CCC4C(=O)O)CC3)CC2)C1. The van der Waals surface area contributed by atoms with Crippen molar-refractivity contribution in [3.8, 4) is 12.5 Å². The molecule has 0 heterocycles. The lowest BCUT2D eigenvalue weighted by molar-refractivity contribution is -0.337. The molecule has 5 rings (SSSR count). The third kappa shape index (κ3) is 12.0. The second kappa shape index (κ2) is 20.3. The zero-order valence-electron chi connectivity index (χ0n) is 29.5. The first-order valence-electron chi connectivity index (χ1n) is 19.2. The summed E-state index contributed by atoms with van der Waals surface area (Å²) >= 11 is 2.03. The van der Waals surface area contributed by atoms with Crippen LogP contribution >= 0.6 is 11.8 Å². The molecule has 5 aliphatic rings. The first-order chi connectivity index (χ1) is 24.3. The minimum Gasteiger partial charge on any atom is -0.481 e. The van der Waals surface area contributed by atoms with E-state index < -0.39 is 35.7 Å². The number of carbonyl (C=O) groups excluding carboxylic acids is 1. The van der Waals surface area contributed by atoms with Gasteiger partial charge in [-0.15, -0.1) is 0 Å². The van der Waals surface area contributed by atoms with Crippen molar-refractivity contribution >= 4 is 29.7 Å². The first kappa shape index (κ1) is 39.2. The van der Waals surface area contributed by atoms with Crippen molar-refractivity contribution in [1.82, 2.24) is 0 Å². The molecule has 6 unspecified atom stereocenters. The van der Waals surface area contributed by atoms with Crippen LogP contribution in [0.2, 0.25) is 0 Å². The average molecular weight is 723 g/mol. The maximum atomic E-state index is 13.0. The number of carbonyl (C=O) groups is 3. The third-order valence-electron chi connectivity index (χ3n) is 11.6. The van der Waals surface area contributed by atoms with Gasteiger partial charge in [-0.25, -0.2) is 9.78 Å². The molecule has 0 bridgehead atoms. The maximum absolute atomic E-state index is 13.0. The highest BCUT2D eigenvalue weighted by Gasteiger charge is 2.42. The van der Waals surface area contributed by atoms with Crippen LogP contribution in [0.4, 0.5) is 0 Å². The summed E-state index contributed by atoms with van der Waals surface area (Å²) in [4.78, 5) is 48.3. The van der Waals surface area contributed by atoms with Crippen molar-refractivity contribution in [1.29, 1.82) is 0 Å². The highest BCUT2D eigenvalue weighted by Crippen LogP contribution is 2.40. The van der Waals surface area contributed by atoms with E-state index in [1.807, 2.05) is 11.8 Å². The molecule has 5 fully saturated rings. The van der Waals surface area contributed by atoms with E-state index in [-0.39, 0.29) is 43.4 Å². The van der Waals surface area contributed by atoms with Crippen molar-refractivity contribution in [3.63, 3.8) is 0 Å². The van der Waals surface area contributed by atoms with E-state index in [2.05, 4.69) is 6.11 Å². The van der Waals surface area contributed by atoms with E-state index in [0.29, 0.717) is 55.5 Å². The number of hydrogen-bond acceptors (Lipinski definition) is 10. The quantitative estimate of drug-likeness (QED) is 0.0586. The Labute approximate surface area is 301 Å². The smallest absolute Gasteiger partial charge is 0.310 e. The molecule has 0 radical (unpaired) electrons. The molecule has 0 aromatic carbocycles. The lowest BCUT2D eigenvalue weighted by Gasteiger charge is -2.35. The fourth-order valence-electron chi connectivity index (χ4n) is 8.73. The van der Waals surface area contributed by atoms with Crippen LogP contribution in [0.1, 0.15) is 122 Å². The summed E-state index contributed by atoms with van der Waals surface area (Å²) in [6, 6.07) is 0. The second-order valence-electron chi connectivity index (χ2n) is 15.1. The minimum atomic E-state index is -0.973. The summed E-state index contributed by atoms with van der Waals surface area (Å²) in [7, 11) is 0. The molecule has 5 aliphatic carbocycles. The van der Waals surface area contributed by atoms with Gasteiger partial charge in [0.15, 0.2) is 0 Å². The lowest BCUT2D eigenvalue weighted by atomic mass is 9.77. The Hall–Kier alpha value is -2.04. The summed E-state index contributed by atoms with van der Waals surface area (Å²) in [5.74, 6) is -4.28. The topological polar surface area (TPSA) is 147 Å². The lowest BCUT2D eigenvalue weighted by Crippen LogP contribution is -2.40. The van der Waals surface area contributed by atoms with Gasteiger partial charge in [0.25, 0.3) is 0 Å². The number of rotatable bonds is 16. The van der Waals surface area contributed by atoms with Crippen LogP contribution < -0.4 is 0 Å². The van der Waals surface area contributed by atoms with Crippen LogP contribution in [0.3, 0.4) is 0 Å². The monoisotopic (exact) mass is 722 g/mol. The van der Waals surface area contributed by atoms with Crippen LogP contribution in [0.15, 0.2) is 0 Å². The standard InChI is InChI=1S/C38H58O11S/c1-2-44-30-13-19-34(37(41)42)35(23-30)38(43)48-27-8-14-31(15-9-27)50-32-16-10-28(11-17-32)49-47-24-25-22-29(12-18-33(25)36(39)40)46-21-20-45-26-6-4-3-5-7-26/h1,25-35H,3-24H2,(H,39,40)(H,41,42). The normalized spacial score (nSPS) is 35.4. The van der Waals surface area contributed by atoms with E-state index in [9.17, 15) is 24.6 Å². The summed E-state index contributed by atoms with van der Waals surface area (Å²) in [5.41, 5.74) is 0. The molecule has 6 atom stereocenters. The molecule has 50 heavy (non-hydrogen) atoms. The summed E-state index contributed by atoms with van der Waals surface area (Å²) in [6.45, 7) is 1.39. The number of carboxylic acid groups (broad SMARTS) is 2. The van der Waals surface area contributed by atoms with Crippen molar-refractivity contribution in [2.24, 2.45) is 23.7 Å². The van der Waals surface area contributed by atoms with Gasteiger partial charge in [0.2, 0.25) is 0 Å². The molecule has 282 valence electrons. The number of ether oxygens (including phenoxy) is 4. The molecule has 0 spiro atoms. The second-order valence-corrected chi connectivity index (χ2v) is 16.7. The molecular formula is C38H58O11S. The zero-order valence-corrected chi connectivity index (χ0v) is 30.3. The Morgan fingerprint density at radius 2 is 1.20 bits per heavy atom. The summed E-state index contributed by atoms with van der Waals surface area (Å²) < 4.78 is 23.2. The van der Waals surface area contributed by atoms with Crippen LogP contribution in [-0.2, 0) is 43.1 Å². The average Bonchev–Trinajstić information content (AvgIpc) is 3.12. The third-order valence-corrected chi connectivity index (χ3v) is 13.4. The fraction of sp³-hybridized carbons (Fsp3) is 0.868. The van der Waals surface area contributed by atoms with Crippen LogP contribution in [0, 0.1) is 36.2 Å². The molecule has 12 heteroatoms. The predicted molar refractivity (Wildman–Crippen MR) is 186 cm³/mol. The van der Waals surface area contributed by atoms with Gasteiger partial charge in [-0.3, -0.25) is 14.4 Å². The number of esters is 1. The van der Waals surface area contributed by atoms with E-state index >= 15 is 0 Å². The molecule has 0 saturated heterocycles. The summed E-state index contributed by atoms with van der Waals surface area (Å²) in [6.07, 6.45) is 23.9. The Balaban J connectivity index is 0.945. The highest BCUT2D eigenvalue weighted by molar-refractivity contribution is 8.00. The van der Waals surface area contributed by atoms with Gasteiger partial charge in [-0.05, 0) is 103 Å². The number of hydrogen-bond donors (Lipinski definition) is 2. The van der Waals surface area contributed by atoms with E-state index in [4.69, 9.17) is 35.1 Å². The number of terminal acetylenes is 1. The fourth-order valence-corrected chi connectivity index (χ4v) is 10.4.